The molecular weight excluding hydrogens is 629 g/mol. The molecule has 2 heteroatoms. The third-order valence-corrected chi connectivity index (χ3v) is 11.3. The Morgan fingerprint density at radius 2 is 0.673 bits per heavy atom. The molecule has 0 aromatic heterocycles. The van der Waals surface area contributed by atoms with Crippen LogP contribution in [-0.4, -0.2) is 4.70 Å². The van der Waals surface area contributed by atoms with E-state index in [1.54, 1.807) is 4.70 Å². The van der Waals surface area contributed by atoms with Crippen molar-refractivity contribution >= 4 is 11.4 Å². The quantitative estimate of drug-likeness (QED) is 0.0550. The molecule has 0 N–H and O–H groups in total. The van der Waals surface area contributed by atoms with Crippen LogP contribution in [0.2, 0.25) is 0 Å². The van der Waals surface area contributed by atoms with Crippen molar-refractivity contribution in [2.24, 2.45) is 0 Å². The first kappa shape index (κ1) is 43.9. The summed E-state index contributed by atoms with van der Waals surface area (Å²) in [5, 5.41) is 0. The average molecular weight is 709 g/mol. The number of benzene rings is 2. The minimum absolute atomic E-state index is 0.978. The summed E-state index contributed by atoms with van der Waals surface area (Å²) < 4.78 is 1.60. The first-order valence-corrected chi connectivity index (χ1v) is 22.7. The van der Waals surface area contributed by atoms with Crippen molar-refractivity contribution in [3.63, 3.8) is 0 Å². The molecule has 0 aliphatic carbocycles. The molecular formula is C50H80N2. The Hall–Kier alpha value is -2.48. The van der Waals surface area contributed by atoms with Gasteiger partial charge in [-0.3, -0.25) is 0 Å². The van der Waals surface area contributed by atoms with Crippen LogP contribution < -0.4 is 0 Å². The van der Waals surface area contributed by atoms with Crippen LogP contribution in [0.1, 0.15) is 229 Å². The maximum atomic E-state index is 12.3. The average Bonchev–Trinajstić information content (AvgIpc) is 3.48. The van der Waals surface area contributed by atoms with E-state index in [4.69, 9.17) is 0 Å². The fraction of sp³-hybridized carbons (Fsp3) is 0.680. The summed E-state index contributed by atoms with van der Waals surface area (Å²) in [7, 11) is 0. The molecule has 0 atom stereocenters. The van der Waals surface area contributed by atoms with E-state index in [2.05, 4.69) is 77.1 Å². The summed E-state index contributed by atoms with van der Waals surface area (Å²) in [6, 6.07) is 14.6. The third-order valence-electron chi connectivity index (χ3n) is 11.3. The monoisotopic (exact) mass is 709 g/mol. The Bertz CT molecular complexity index is 1340. The van der Waals surface area contributed by atoms with Crippen LogP contribution in [0.5, 0.6) is 0 Å². The van der Waals surface area contributed by atoms with Crippen LogP contribution >= 0.6 is 0 Å². The van der Waals surface area contributed by atoms with Crippen molar-refractivity contribution in [2.75, 3.05) is 0 Å². The molecule has 52 heavy (non-hydrogen) atoms. The lowest BCUT2D eigenvalue weighted by Crippen LogP contribution is -2.05. The van der Waals surface area contributed by atoms with E-state index in [-0.39, 0.29) is 0 Å². The van der Waals surface area contributed by atoms with E-state index in [1.807, 2.05) is 0 Å². The molecule has 0 unspecified atom stereocenters. The normalized spacial score (nSPS) is 13.1. The van der Waals surface area contributed by atoms with Crippen molar-refractivity contribution in [3.05, 3.63) is 87.0 Å². The molecule has 3 rings (SSSR count). The fourth-order valence-corrected chi connectivity index (χ4v) is 8.11. The number of hydrogen-bond donors (Lipinski definition) is 0. The van der Waals surface area contributed by atoms with Gasteiger partial charge >= 0.3 is 0 Å². The van der Waals surface area contributed by atoms with Crippen molar-refractivity contribution in [2.45, 2.75) is 221 Å². The van der Waals surface area contributed by atoms with Gasteiger partial charge in [0, 0.05) is 22.8 Å². The Morgan fingerprint density at radius 3 is 1.08 bits per heavy atom. The molecule has 0 saturated carbocycles. The van der Waals surface area contributed by atoms with Gasteiger partial charge in [0.1, 0.15) is 0 Å². The number of hydrogen-bond acceptors (Lipinski definition) is 0. The zero-order chi connectivity index (χ0) is 37.2. The van der Waals surface area contributed by atoms with E-state index in [0.717, 1.165) is 43.5 Å². The van der Waals surface area contributed by atoms with Gasteiger partial charge in [0.15, 0.2) is 0 Å². The molecule has 1 aliphatic heterocycles. The van der Waals surface area contributed by atoms with E-state index >= 15 is 0 Å². The molecule has 2 aromatic carbocycles. The van der Waals surface area contributed by atoms with Crippen LogP contribution in [0.3, 0.4) is 0 Å². The highest BCUT2D eigenvalue weighted by Gasteiger charge is 2.29. The summed E-state index contributed by atoms with van der Waals surface area (Å²) in [6.07, 6.45) is 39.0. The standard InChI is InChI=1S/C50H80N2/c1-6-11-16-19-22-27-32-43-35-42(30-25-14-9-4)37-47(38-43)49-41-46(34-29-24-21-18-13-8-3)50(52(49)51)48-39-44(31-26-15-10-5)36-45(40-48)33-28-23-20-17-12-7-2/h35-41H,6-34H2,1-5H3. The highest BCUT2D eigenvalue weighted by atomic mass is 15.2. The van der Waals surface area contributed by atoms with Gasteiger partial charge in [-0.1, -0.05) is 169 Å². The smallest absolute Gasteiger partial charge is 0.210 e. The van der Waals surface area contributed by atoms with E-state index in [9.17, 15) is 5.53 Å². The molecule has 290 valence electrons. The summed E-state index contributed by atoms with van der Waals surface area (Å²) in [6.45, 7) is 11.5. The molecule has 0 radical (unpaired) electrons. The number of nitrogens with zero attached hydrogens (tertiary/aromatic N) is 2. The fourth-order valence-electron chi connectivity index (χ4n) is 8.11. The minimum Gasteiger partial charge on any atom is -0.493 e. The topological polar surface area (TPSA) is 25.3 Å². The zero-order valence-corrected chi connectivity index (χ0v) is 34.9. The Balaban J connectivity index is 1.95. The van der Waals surface area contributed by atoms with Gasteiger partial charge < -0.3 is 5.53 Å². The number of rotatable bonds is 31. The molecule has 0 spiro atoms. The summed E-state index contributed by atoms with van der Waals surface area (Å²) >= 11 is 0. The van der Waals surface area contributed by atoms with E-state index in [1.165, 1.54) is 193 Å². The Kier molecular flexibility index (Phi) is 22.9. The lowest BCUT2D eigenvalue weighted by molar-refractivity contribution is -0.344. The largest absolute Gasteiger partial charge is 0.493 e. The van der Waals surface area contributed by atoms with Gasteiger partial charge in [0.25, 0.3) is 0 Å². The van der Waals surface area contributed by atoms with E-state index < -0.39 is 0 Å². The first-order valence-electron chi connectivity index (χ1n) is 22.7. The molecule has 0 fully saturated rings. The molecule has 0 amide bonds. The number of unbranched alkanes of at least 4 members (excludes halogenated alkanes) is 19. The predicted molar refractivity (Wildman–Crippen MR) is 230 cm³/mol. The Morgan fingerprint density at radius 1 is 0.365 bits per heavy atom. The van der Waals surface area contributed by atoms with Crippen LogP contribution in [-0.2, 0) is 25.7 Å². The van der Waals surface area contributed by atoms with Gasteiger partial charge in [0.2, 0.25) is 11.4 Å². The molecule has 0 saturated heterocycles. The van der Waals surface area contributed by atoms with Gasteiger partial charge in [-0.15, -0.1) is 0 Å². The lowest BCUT2D eigenvalue weighted by atomic mass is 9.94. The van der Waals surface area contributed by atoms with Gasteiger partial charge in [-0.25, -0.2) is 4.70 Å². The third kappa shape index (κ3) is 16.3. The molecule has 1 aliphatic rings. The Labute approximate surface area is 322 Å². The highest BCUT2D eigenvalue weighted by molar-refractivity contribution is 5.79. The minimum atomic E-state index is 0.978. The summed E-state index contributed by atoms with van der Waals surface area (Å²) in [4.78, 5) is 0. The molecule has 0 bridgehead atoms. The van der Waals surface area contributed by atoms with Crippen molar-refractivity contribution in [1.29, 1.82) is 0 Å². The van der Waals surface area contributed by atoms with Gasteiger partial charge in [0.05, 0.1) is 0 Å². The van der Waals surface area contributed by atoms with Crippen molar-refractivity contribution in [3.8, 4) is 0 Å². The molecule has 1 heterocycles. The SMILES string of the molecule is CCCCCCCCC1=C(c2cc(CCCCC)cc(CCCCCCCC)c2)[N+](=[N-])C(c2cc(CCCCC)cc(CCCCCCCC)c2)=C1. The predicted octanol–water partition coefficient (Wildman–Crippen LogP) is 16.5. The van der Waals surface area contributed by atoms with Crippen molar-refractivity contribution < 1.29 is 4.70 Å². The zero-order valence-electron chi connectivity index (χ0n) is 34.9. The second-order valence-corrected chi connectivity index (χ2v) is 16.3. The molecule has 2 aromatic rings. The van der Waals surface area contributed by atoms with Crippen LogP contribution in [0.15, 0.2) is 48.0 Å². The lowest BCUT2D eigenvalue weighted by Gasteiger charge is -2.15. The van der Waals surface area contributed by atoms with Crippen LogP contribution in [0.4, 0.5) is 0 Å². The maximum absolute atomic E-state index is 12.3. The van der Waals surface area contributed by atoms with E-state index in [0.29, 0.717) is 0 Å². The van der Waals surface area contributed by atoms with Gasteiger partial charge in [-0.2, -0.15) is 0 Å². The summed E-state index contributed by atoms with van der Waals surface area (Å²) in [5.41, 5.74) is 23.8. The maximum Gasteiger partial charge on any atom is 0.210 e. The van der Waals surface area contributed by atoms with Crippen LogP contribution in [0, 0.1) is 0 Å². The number of allylic oxidation sites excluding steroid dienone is 2. The van der Waals surface area contributed by atoms with Gasteiger partial charge in [-0.05, 0) is 111 Å². The van der Waals surface area contributed by atoms with Crippen LogP contribution in [0.25, 0.3) is 16.9 Å². The second-order valence-electron chi connectivity index (χ2n) is 16.3. The van der Waals surface area contributed by atoms with Crippen molar-refractivity contribution in [1.82, 2.24) is 0 Å². The molecule has 2 nitrogen and oxygen atoms in total. The number of aryl methyl sites for hydroxylation is 4. The second kappa shape index (κ2) is 27.2. The highest BCUT2D eigenvalue weighted by Crippen LogP contribution is 2.39. The first-order chi connectivity index (χ1) is 25.5. The summed E-state index contributed by atoms with van der Waals surface area (Å²) in [5.74, 6) is 0.